The first-order valence-corrected chi connectivity index (χ1v) is 10.2. The molecule has 32 heavy (non-hydrogen) atoms. The molecular weight excluding hydrogens is 404 g/mol. The van der Waals surface area contributed by atoms with E-state index >= 15 is 0 Å². The number of nitrogens with zero attached hydrogens (tertiary/aromatic N) is 3. The Kier molecular flexibility index (Phi) is 6.07. The SMILES string of the molecule is Cc1nc(/C=C/c2cn(-c3ccccc3)nc2-c2ccccc2)[nH]c(=O)c1CCC(=O)O. The van der Waals surface area contributed by atoms with Gasteiger partial charge < -0.3 is 10.1 Å². The summed E-state index contributed by atoms with van der Waals surface area (Å²) >= 11 is 0. The van der Waals surface area contributed by atoms with Crippen LogP contribution in [0.4, 0.5) is 0 Å². The quantitative estimate of drug-likeness (QED) is 0.463. The van der Waals surface area contributed by atoms with E-state index in [1.807, 2.05) is 77.6 Å². The molecule has 0 unspecified atom stereocenters. The Bertz CT molecular complexity index is 1320. The van der Waals surface area contributed by atoms with Crippen LogP contribution in [0.1, 0.15) is 29.1 Å². The lowest BCUT2D eigenvalue weighted by molar-refractivity contribution is -0.136. The van der Waals surface area contributed by atoms with Crippen LogP contribution in [0.5, 0.6) is 0 Å². The first-order chi connectivity index (χ1) is 15.5. The normalized spacial score (nSPS) is 11.2. The molecule has 2 aromatic carbocycles. The largest absolute Gasteiger partial charge is 0.481 e. The van der Waals surface area contributed by atoms with Crippen LogP contribution in [0.3, 0.4) is 0 Å². The summed E-state index contributed by atoms with van der Waals surface area (Å²) in [5, 5.41) is 13.6. The Hall–Kier alpha value is -4.26. The predicted octanol–water partition coefficient (Wildman–Crippen LogP) is 4.12. The Labute approximate surface area is 184 Å². The molecule has 4 rings (SSSR count). The van der Waals surface area contributed by atoms with Gasteiger partial charge in [0, 0.05) is 35.0 Å². The lowest BCUT2D eigenvalue weighted by Crippen LogP contribution is -2.18. The fourth-order valence-corrected chi connectivity index (χ4v) is 3.45. The van der Waals surface area contributed by atoms with E-state index in [-0.39, 0.29) is 18.4 Å². The van der Waals surface area contributed by atoms with Gasteiger partial charge in [0.25, 0.3) is 5.56 Å². The van der Waals surface area contributed by atoms with Crippen molar-refractivity contribution in [1.29, 1.82) is 0 Å². The van der Waals surface area contributed by atoms with Crippen LogP contribution in [0.2, 0.25) is 0 Å². The number of hydrogen-bond donors (Lipinski definition) is 2. The lowest BCUT2D eigenvalue weighted by atomic mass is 10.1. The molecule has 0 bridgehead atoms. The van der Waals surface area contributed by atoms with Crippen LogP contribution in [0.15, 0.2) is 71.7 Å². The third kappa shape index (κ3) is 4.73. The molecule has 4 aromatic rings. The van der Waals surface area contributed by atoms with Gasteiger partial charge in [-0.1, -0.05) is 48.5 Å². The monoisotopic (exact) mass is 426 g/mol. The lowest BCUT2D eigenvalue weighted by Gasteiger charge is -2.04. The molecule has 0 atom stereocenters. The highest BCUT2D eigenvalue weighted by atomic mass is 16.4. The minimum atomic E-state index is -0.948. The van der Waals surface area contributed by atoms with E-state index in [1.165, 1.54) is 0 Å². The van der Waals surface area contributed by atoms with Crippen molar-refractivity contribution in [2.24, 2.45) is 0 Å². The second-order valence-corrected chi connectivity index (χ2v) is 7.32. The molecule has 0 aliphatic heterocycles. The highest BCUT2D eigenvalue weighted by Crippen LogP contribution is 2.25. The number of carboxylic acid groups (broad SMARTS) is 1. The second-order valence-electron chi connectivity index (χ2n) is 7.32. The van der Waals surface area contributed by atoms with E-state index < -0.39 is 5.97 Å². The zero-order chi connectivity index (χ0) is 22.5. The molecule has 2 aromatic heterocycles. The first-order valence-electron chi connectivity index (χ1n) is 10.2. The molecule has 0 amide bonds. The third-order valence-corrected chi connectivity index (χ3v) is 5.06. The van der Waals surface area contributed by atoms with Crippen LogP contribution in [-0.2, 0) is 11.2 Å². The summed E-state index contributed by atoms with van der Waals surface area (Å²) < 4.78 is 1.82. The first kappa shape index (κ1) is 21.0. The number of carbonyl (C=O) groups is 1. The van der Waals surface area contributed by atoms with E-state index in [0.29, 0.717) is 17.1 Å². The number of carboxylic acids is 1. The maximum atomic E-state index is 12.4. The molecule has 0 aliphatic carbocycles. The van der Waals surface area contributed by atoms with Gasteiger partial charge in [0.05, 0.1) is 11.4 Å². The molecule has 160 valence electrons. The minimum absolute atomic E-state index is 0.111. The molecule has 7 heteroatoms. The maximum absolute atomic E-state index is 12.4. The van der Waals surface area contributed by atoms with E-state index in [9.17, 15) is 9.59 Å². The molecule has 7 nitrogen and oxygen atoms in total. The number of rotatable bonds is 7. The smallest absolute Gasteiger partial charge is 0.303 e. The van der Waals surface area contributed by atoms with Crippen molar-refractivity contribution >= 4 is 18.1 Å². The number of aliphatic carboxylic acids is 1. The average Bonchev–Trinajstić information content (AvgIpc) is 3.22. The zero-order valence-corrected chi connectivity index (χ0v) is 17.5. The van der Waals surface area contributed by atoms with Crippen molar-refractivity contribution in [3.8, 4) is 16.9 Å². The second kappa shape index (κ2) is 9.26. The number of benzene rings is 2. The van der Waals surface area contributed by atoms with Gasteiger partial charge in [-0.2, -0.15) is 5.10 Å². The van der Waals surface area contributed by atoms with Crippen molar-refractivity contribution in [3.05, 3.63) is 99.9 Å². The predicted molar refractivity (Wildman–Crippen MR) is 123 cm³/mol. The number of H-pyrrole nitrogens is 1. The number of aryl methyl sites for hydroxylation is 1. The van der Waals surface area contributed by atoms with Gasteiger partial charge in [0.15, 0.2) is 0 Å². The highest BCUT2D eigenvalue weighted by molar-refractivity contribution is 5.77. The van der Waals surface area contributed by atoms with E-state index in [2.05, 4.69) is 9.97 Å². The van der Waals surface area contributed by atoms with Gasteiger partial charge >= 0.3 is 5.97 Å². The molecule has 0 aliphatic rings. The number of nitrogens with one attached hydrogen (secondary N) is 1. The molecule has 0 spiro atoms. The van der Waals surface area contributed by atoms with Crippen molar-refractivity contribution < 1.29 is 9.90 Å². The van der Waals surface area contributed by atoms with Crippen molar-refractivity contribution in [3.63, 3.8) is 0 Å². The van der Waals surface area contributed by atoms with Gasteiger partial charge in [0.1, 0.15) is 5.82 Å². The summed E-state index contributed by atoms with van der Waals surface area (Å²) in [6, 6.07) is 19.7. The van der Waals surface area contributed by atoms with E-state index in [0.717, 1.165) is 22.5 Å². The average molecular weight is 426 g/mol. The molecule has 0 radical (unpaired) electrons. The number of para-hydroxylation sites is 1. The fourth-order valence-electron chi connectivity index (χ4n) is 3.45. The molecule has 0 saturated carbocycles. The highest BCUT2D eigenvalue weighted by Gasteiger charge is 2.12. The summed E-state index contributed by atoms with van der Waals surface area (Å²) in [5.41, 5.74) is 4.20. The fraction of sp³-hybridized carbons (Fsp3) is 0.120. The molecule has 0 fully saturated rings. The maximum Gasteiger partial charge on any atom is 0.303 e. The molecule has 2 heterocycles. The molecular formula is C25H22N4O3. The Balaban J connectivity index is 1.70. The number of aromatic nitrogens is 4. The van der Waals surface area contributed by atoms with Crippen LogP contribution < -0.4 is 5.56 Å². The van der Waals surface area contributed by atoms with E-state index in [1.54, 1.807) is 13.0 Å². The van der Waals surface area contributed by atoms with Crippen molar-refractivity contribution in [2.75, 3.05) is 0 Å². The summed E-state index contributed by atoms with van der Waals surface area (Å²) in [4.78, 5) is 30.4. The summed E-state index contributed by atoms with van der Waals surface area (Å²) in [5.74, 6) is -0.547. The van der Waals surface area contributed by atoms with Gasteiger partial charge in [-0.05, 0) is 37.6 Å². The van der Waals surface area contributed by atoms with Crippen LogP contribution in [-0.4, -0.2) is 30.8 Å². The summed E-state index contributed by atoms with van der Waals surface area (Å²) in [7, 11) is 0. The van der Waals surface area contributed by atoms with E-state index in [4.69, 9.17) is 10.2 Å². The Morgan fingerprint density at radius 1 is 1.06 bits per heavy atom. The number of aromatic amines is 1. The summed E-state index contributed by atoms with van der Waals surface area (Å²) in [6.45, 7) is 1.71. The Morgan fingerprint density at radius 3 is 2.41 bits per heavy atom. The number of hydrogen-bond acceptors (Lipinski definition) is 4. The van der Waals surface area contributed by atoms with Crippen molar-refractivity contribution in [2.45, 2.75) is 19.8 Å². The van der Waals surface area contributed by atoms with Gasteiger partial charge in [-0.15, -0.1) is 0 Å². The zero-order valence-electron chi connectivity index (χ0n) is 17.5. The van der Waals surface area contributed by atoms with Gasteiger partial charge in [-0.3, -0.25) is 9.59 Å². The van der Waals surface area contributed by atoms with Gasteiger partial charge in [0.2, 0.25) is 0 Å². The molecule has 2 N–H and O–H groups in total. The van der Waals surface area contributed by atoms with Crippen LogP contribution in [0.25, 0.3) is 29.1 Å². The third-order valence-electron chi connectivity index (χ3n) is 5.06. The Morgan fingerprint density at radius 2 is 1.75 bits per heavy atom. The standard InChI is InChI=1S/C25H22N4O3/c1-17-21(13-15-23(30)31)25(32)27-22(26-17)14-12-19-16-29(20-10-6-3-7-11-20)28-24(19)18-8-4-2-5-9-18/h2-12,14,16H,13,15H2,1H3,(H,30,31)(H,26,27,32)/b14-12+. The topological polar surface area (TPSA) is 101 Å². The minimum Gasteiger partial charge on any atom is -0.481 e. The van der Waals surface area contributed by atoms with Crippen LogP contribution in [0, 0.1) is 6.92 Å². The van der Waals surface area contributed by atoms with Gasteiger partial charge in [-0.25, -0.2) is 9.67 Å². The van der Waals surface area contributed by atoms with Crippen molar-refractivity contribution in [1.82, 2.24) is 19.7 Å². The molecule has 0 saturated heterocycles. The van der Waals surface area contributed by atoms with Crippen LogP contribution >= 0.6 is 0 Å². The summed E-state index contributed by atoms with van der Waals surface area (Å²) in [6.07, 6.45) is 5.56.